The zero-order valence-electron chi connectivity index (χ0n) is 16.1. The fourth-order valence-corrected chi connectivity index (χ4v) is 8.58. The Kier molecular flexibility index (Phi) is 5.72. The van der Waals surface area contributed by atoms with Gasteiger partial charge in [0.05, 0.1) is 9.40 Å². The van der Waals surface area contributed by atoms with Crippen LogP contribution in [0.15, 0.2) is 83.3 Å². The van der Waals surface area contributed by atoms with Gasteiger partial charge in [-0.3, -0.25) is 10.1 Å². The minimum Gasteiger partial charge on any atom is -0.529 e. The molecule has 0 fully saturated rings. The van der Waals surface area contributed by atoms with Gasteiger partial charge in [0.25, 0.3) is 0 Å². The zero-order valence-corrected chi connectivity index (χ0v) is 18.6. The van der Waals surface area contributed by atoms with Gasteiger partial charge in [0.15, 0.2) is 5.75 Å². The lowest BCUT2D eigenvalue weighted by atomic mass is 10.2. The molecule has 6 heteroatoms. The highest BCUT2D eigenvalue weighted by Crippen LogP contribution is 2.42. The predicted octanol–water partition coefficient (Wildman–Crippen LogP) is 5.30. The first-order valence-electron chi connectivity index (χ1n) is 9.00. The lowest BCUT2D eigenvalue weighted by Crippen LogP contribution is -2.68. The molecule has 0 aliphatic carbocycles. The average Bonchev–Trinajstić information content (AvgIpc) is 2.67. The van der Waals surface area contributed by atoms with Crippen molar-refractivity contribution in [2.75, 3.05) is 0 Å². The van der Waals surface area contributed by atoms with Gasteiger partial charge in [0.1, 0.15) is 0 Å². The van der Waals surface area contributed by atoms with Crippen molar-refractivity contribution in [2.24, 2.45) is 0 Å². The first-order chi connectivity index (χ1) is 13.3. The summed E-state index contributed by atoms with van der Waals surface area (Å²) < 4.78 is 7.39. The summed E-state index contributed by atoms with van der Waals surface area (Å²) in [6, 6.07) is 25.1. The van der Waals surface area contributed by atoms with E-state index < -0.39 is 13.2 Å². The third kappa shape index (κ3) is 3.62. The SMILES string of the molecule is CC(C)(C)[Si](Oc1c(Br)cccc1[N+](=O)[O-])(c1ccccc1)c1ccccc1. The van der Waals surface area contributed by atoms with Crippen LogP contribution in [0.3, 0.4) is 0 Å². The third-order valence-electron chi connectivity index (χ3n) is 4.81. The number of nitro groups is 1. The second-order valence-electron chi connectivity index (χ2n) is 7.61. The molecule has 0 N–H and O–H groups in total. The van der Waals surface area contributed by atoms with E-state index in [1.807, 2.05) is 36.4 Å². The molecule has 0 bridgehead atoms. The summed E-state index contributed by atoms with van der Waals surface area (Å²) in [5, 5.41) is 13.6. The molecular weight excluding hydrogens is 434 g/mol. The zero-order chi connectivity index (χ0) is 20.4. The molecule has 3 aromatic carbocycles. The highest BCUT2D eigenvalue weighted by molar-refractivity contribution is 9.10. The van der Waals surface area contributed by atoms with Gasteiger partial charge in [-0.05, 0) is 37.4 Å². The van der Waals surface area contributed by atoms with Crippen LogP contribution in [0.25, 0.3) is 0 Å². The van der Waals surface area contributed by atoms with Crippen LogP contribution >= 0.6 is 15.9 Å². The molecule has 3 aromatic rings. The molecule has 4 nitrogen and oxygen atoms in total. The fourth-order valence-electron chi connectivity index (χ4n) is 3.54. The van der Waals surface area contributed by atoms with E-state index in [0.29, 0.717) is 4.47 Å². The molecule has 0 saturated carbocycles. The van der Waals surface area contributed by atoms with Gasteiger partial charge in [-0.15, -0.1) is 0 Å². The second kappa shape index (κ2) is 7.89. The molecule has 3 rings (SSSR count). The van der Waals surface area contributed by atoms with Crippen molar-refractivity contribution < 1.29 is 9.35 Å². The number of hydrogen-bond acceptors (Lipinski definition) is 3. The van der Waals surface area contributed by atoms with Gasteiger partial charge in [0.2, 0.25) is 0 Å². The molecule has 0 unspecified atom stereocenters. The van der Waals surface area contributed by atoms with E-state index in [0.717, 1.165) is 10.4 Å². The van der Waals surface area contributed by atoms with Crippen LogP contribution < -0.4 is 14.8 Å². The standard InChI is InChI=1S/C22H22BrNO3Si/c1-22(2,3)28(17-11-6-4-7-12-17,18-13-8-5-9-14-18)27-21-19(23)15-10-16-20(21)24(25)26/h4-16H,1-3H3. The fraction of sp³-hybridized carbons (Fsp3) is 0.182. The molecule has 0 aromatic heterocycles. The Morgan fingerprint density at radius 1 is 0.857 bits per heavy atom. The van der Waals surface area contributed by atoms with Crippen molar-refractivity contribution in [1.82, 2.24) is 0 Å². The van der Waals surface area contributed by atoms with Gasteiger partial charge < -0.3 is 4.43 Å². The van der Waals surface area contributed by atoms with Crippen LogP contribution in [0.4, 0.5) is 5.69 Å². The number of hydrogen-bond donors (Lipinski definition) is 0. The third-order valence-corrected chi connectivity index (χ3v) is 10.4. The summed E-state index contributed by atoms with van der Waals surface area (Å²) >= 11 is 3.47. The first-order valence-corrected chi connectivity index (χ1v) is 11.7. The molecule has 0 atom stereocenters. The maximum Gasteiger partial charge on any atom is 0.320 e. The number of para-hydroxylation sites is 1. The minimum absolute atomic E-state index is 0.0395. The molecule has 0 radical (unpaired) electrons. The van der Waals surface area contributed by atoms with E-state index in [4.69, 9.17) is 4.43 Å². The van der Waals surface area contributed by atoms with E-state index in [9.17, 15) is 10.1 Å². The van der Waals surface area contributed by atoms with Crippen LogP contribution in [0.1, 0.15) is 20.8 Å². The largest absolute Gasteiger partial charge is 0.529 e. The summed E-state index contributed by atoms with van der Waals surface area (Å²) in [7, 11) is -2.93. The first kappa shape index (κ1) is 20.3. The Morgan fingerprint density at radius 2 is 1.36 bits per heavy atom. The monoisotopic (exact) mass is 455 g/mol. The maximum absolute atomic E-state index is 11.7. The van der Waals surface area contributed by atoms with E-state index in [2.05, 4.69) is 61.0 Å². The topological polar surface area (TPSA) is 52.4 Å². The van der Waals surface area contributed by atoms with E-state index in [1.54, 1.807) is 12.1 Å². The normalized spacial score (nSPS) is 11.9. The Balaban J connectivity index is 2.34. The highest BCUT2D eigenvalue weighted by Gasteiger charge is 2.53. The summed E-state index contributed by atoms with van der Waals surface area (Å²) in [4.78, 5) is 11.3. The molecule has 144 valence electrons. The molecular formula is C22H22BrNO3Si. The maximum atomic E-state index is 11.7. The number of nitrogens with zero attached hydrogens (tertiary/aromatic N) is 1. The number of nitro benzene ring substituents is 1. The number of benzene rings is 3. The molecule has 0 heterocycles. The molecule has 0 aliphatic rings. The van der Waals surface area contributed by atoms with Crippen molar-refractivity contribution in [1.29, 1.82) is 0 Å². The number of rotatable bonds is 5. The lowest BCUT2D eigenvalue weighted by Gasteiger charge is -2.42. The average molecular weight is 456 g/mol. The molecule has 0 aliphatic heterocycles. The Morgan fingerprint density at radius 3 is 1.79 bits per heavy atom. The van der Waals surface area contributed by atoms with Crippen molar-refractivity contribution in [3.63, 3.8) is 0 Å². The molecule has 0 spiro atoms. The van der Waals surface area contributed by atoms with Crippen LogP contribution in [-0.4, -0.2) is 13.2 Å². The number of halogens is 1. The van der Waals surface area contributed by atoms with Crippen molar-refractivity contribution in [3.05, 3.63) is 93.4 Å². The van der Waals surface area contributed by atoms with Gasteiger partial charge in [-0.2, -0.15) is 0 Å². The van der Waals surface area contributed by atoms with Gasteiger partial charge in [-0.25, -0.2) is 0 Å². The van der Waals surface area contributed by atoms with Gasteiger partial charge in [0, 0.05) is 6.07 Å². The molecule has 0 saturated heterocycles. The predicted molar refractivity (Wildman–Crippen MR) is 119 cm³/mol. The Hall–Kier alpha value is -2.44. The van der Waals surface area contributed by atoms with Crippen molar-refractivity contribution in [3.8, 4) is 5.75 Å². The van der Waals surface area contributed by atoms with Gasteiger partial charge in [-0.1, -0.05) is 87.5 Å². The van der Waals surface area contributed by atoms with Crippen LogP contribution in [-0.2, 0) is 0 Å². The minimum atomic E-state index is -2.93. The molecule has 28 heavy (non-hydrogen) atoms. The highest BCUT2D eigenvalue weighted by atomic mass is 79.9. The summed E-state index contributed by atoms with van der Waals surface area (Å²) in [6.07, 6.45) is 0. The van der Waals surface area contributed by atoms with Crippen molar-refractivity contribution >= 4 is 40.3 Å². The van der Waals surface area contributed by atoms with Gasteiger partial charge >= 0.3 is 14.0 Å². The van der Waals surface area contributed by atoms with Crippen LogP contribution in [0.5, 0.6) is 5.75 Å². The Labute approximate surface area is 174 Å². The van der Waals surface area contributed by atoms with E-state index in [-0.39, 0.29) is 16.5 Å². The smallest absolute Gasteiger partial charge is 0.320 e. The second-order valence-corrected chi connectivity index (χ2v) is 12.7. The van der Waals surface area contributed by atoms with E-state index in [1.165, 1.54) is 6.07 Å². The van der Waals surface area contributed by atoms with Crippen LogP contribution in [0, 0.1) is 10.1 Å². The van der Waals surface area contributed by atoms with E-state index >= 15 is 0 Å². The summed E-state index contributed by atoms with van der Waals surface area (Å²) in [5.41, 5.74) is -0.0395. The molecule has 0 amide bonds. The summed E-state index contributed by atoms with van der Waals surface area (Å²) in [6.45, 7) is 6.42. The lowest BCUT2D eigenvalue weighted by molar-refractivity contribution is -0.385. The van der Waals surface area contributed by atoms with Crippen LogP contribution in [0.2, 0.25) is 5.04 Å². The summed E-state index contributed by atoms with van der Waals surface area (Å²) in [5.74, 6) is 0.279. The quantitative estimate of drug-likeness (QED) is 0.298. The van der Waals surface area contributed by atoms with Crippen molar-refractivity contribution in [2.45, 2.75) is 25.8 Å². The Bertz CT molecular complexity index is 933.